The lowest BCUT2D eigenvalue weighted by Crippen LogP contribution is -2.33. The second kappa shape index (κ2) is 6.49. The minimum absolute atomic E-state index is 0.0747. The summed E-state index contributed by atoms with van der Waals surface area (Å²) >= 11 is 0. The predicted molar refractivity (Wildman–Crippen MR) is 87.3 cm³/mol. The Labute approximate surface area is 137 Å². The second-order valence-corrected chi connectivity index (χ2v) is 5.37. The number of hydrogen-bond donors (Lipinski definition) is 1. The van der Waals surface area contributed by atoms with Gasteiger partial charge in [-0.2, -0.15) is 0 Å². The number of nitrogens with one attached hydrogen (secondary N) is 1. The number of nitrogens with zero attached hydrogens (tertiary/aromatic N) is 3. The van der Waals surface area contributed by atoms with Crippen LogP contribution >= 0.6 is 0 Å². The molecule has 1 amide bonds. The van der Waals surface area contributed by atoms with Gasteiger partial charge in [0.05, 0.1) is 6.04 Å². The van der Waals surface area contributed by atoms with E-state index >= 15 is 0 Å². The molecule has 0 aromatic carbocycles. The fourth-order valence-corrected chi connectivity index (χ4v) is 2.34. The third-order valence-electron chi connectivity index (χ3n) is 3.92. The van der Waals surface area contributed by atoms with Crippen LogP contribution in [0.3, 0.4) is 0 Å². The van der Waals surface area contributed by atoms with E-state index in [4.69, 9.17) is 4.52 Å². The van der Waals surface area contributed by atoms with E-state index in [0.29, 0.717) is 11.4 Å². The van der Waals surface area contributed by atoms with Crippen LogP contribution in [-0.2, 0) is 0 Å². The van der Waals surface area contributed by atoms with Crippen LogP contribution in [0.15, 0.2) is 58.3 Å². The fourth-order valence-electron chi connectivity index (χ4n) is 2.34. The van der Waals surface area contributed by atoms with Gasteiger partial charge < -0.3 is 14.4 Å². The largest absolute Gasteiger partial charge is 0.364 e. The van der Waals surface area contributed by atoms with E-state index in [1.807, 2.05) is 6.92 Å². The van der Waals surface area contributed by atoms with Crippen molar-refractivity contribution >= 4 is 5.91 Å². The highest BCUT2D eigenvalue weighted by molar-refractivity contribution is 5.94. The highest BCUT2D eigenvalue weighted by Gasteiger charge is 2.23. The first-order chi connectivity index (χ1) is 11.6. The van der Waals surface area contributed by atoms with Crippen molar-refractivity contribution in [3.05, 3.63) is 70.6 Å². The number of carbonyl (C=O) groups is 1. The molecule has 0 fully saturated rings. The highest BCUT2D eigenvalue weighted by Crippen LogP contribution is 2.19. The number of aromatic nitrogens is 3. The van der Waals surface area contributed by atoms with Gasteiger partial charge in [0, 0.05) is 36.8 Å². The van der Waals surface area contributed by atoms with Gasteiger partial charge in [0.1, 0.15) is 17.5 Å². The van der Waals surface area contributed by atoms with Crippen molar-refractivity contribution in [3.8, 4) is 11.3 Å². The van der Waals surface area contributed by atoms with Crippen LogP contribution in [0, 0.1) is 0 Å². The van der Waals surface area contributed by atoms with Gasteiger partial charge >= 0.3 is 0 Å². The Bertz CT molecular complexity index is 888. The van der Waals surface area contributed by atoms with Crippen molar-refractivity contribution < 1.29 is 9.32 Å². The number of H-pyrrole nitrogens is 1. The van der Waals surface area contributed by atoms with Gasteiger partial charge in [-0.1, -0.05) is 5.16 Å². The van der Waals surface area contributed by atoms with Crippen molar-refractivity contribution in [1.29, 1.82) is 0 Å². The summed E-state index contributed by atoms with van der Waals surface area (Å²) in [5.74, 6) is -0.381. The molecule has 3 aromatic rings. The van der Waals surface area contributed by atoms with Crippen molar-refractivity contribution in [2.45, 2.75) is 13.0 Å². The lowest BCUT2D eigenvalue weighted by molar-refractivity contribution is 0.0736. The third-order valence-corrected chi connectivity index (χ3v) is 3.92. The van der Waals surface area contributed by atoms with Crippen LogP contribution in [-0.4, -0.2) is 33.0 Å². The quantitative estimate of drug-likeness (QED) is 0.794. The van der Waals surface area contributed by atoms with Crippen LogP contribution in [0.25, 0.3) is 11.3 Å². The molecule has 7 nitrogen and oxygen atoms in total. The van der Waals surface area contributed by atoms with Gasteiger partial charge in [-0.05, 0) is 31.2 Å². The predicted octanol–water partition coefficient (Wildman–Crippen LogP) is 2.26. The lowest BCUT2D eigenvalue weighted by atomic mass is 10.1. The molecule has 0 radical (unpaired) electrons. The standard InChI is InChI=1S/C17H16N4O3/c1-11(14-7-10-24-20-14)21(2)17(23)13-3-4-15(19-16(13)22)12-5-8-18-9-6-12/h3-11H,1-2H3,(H,19,22)/t11-/m1/s1. The molecular formula is C17H16N4O3. The summed E-state index contributed by atoms with van der Waals surface area (Å²) < 4.78 is 4.80. The molecule has 3 heterocycles. The zero-order valence-corrected chi connectivity index (χ0v) is 13.3. The average molecular weight is 324 g/mol. The Hall–Kier alpha value is -3.22. The maximum absolute atomic E-state index is 12.6. The molecule has 0 aliphatic heterocycles. The fraction of sp³-hybridized carbons (Fsp3) is 0.176. The van der Waals surface area contributed by atoms with E-state index in [1.165, 1.54) is 17.2 Å². The van der Waals surface area contributed by atoms with Gasteiger partial charge in [-0.15, -0.1) is 0 Å². The van der Waals surface area contributed by atoms with Crippen LogP contribution in [0.5, 0.6) is 0 Å². The molecule has 1 N–H and O–H groups in total. The summed E-state index contributed by atoms with van der Waals surface area (Å²) in [6, 6.07) is 8.18. The van der Waals surface area contributed by atoms with E-state index < -0.39 is 5.56 Å². The zero-order chi connectivity index (χ0) is 17.1. The molecule has 3 rings (SSSR count). The summed E-state index contributed by atoms with van der Waals surface area (Å²) in [5, 5.41) is 3.83. The molecule has 7 heteroatoms. The Balaban J connectivity index is 1.87. The van der Waals surface area contributed by atoms with Crippen LogP contribution in [0.2, 0.25) is 0 Å². The van der Waals surface area contributed by atoms with Crippen molar-refractivity contribution in [3.63, 3.8) is 0 Å². The van der Waals surface area contributed by atoms with Gasteiger partial charge in [-0.25, -0.2) is 0 Å². The van der Waals surface area contributed by atoms with Crippen LogP contribution in [0.1, 0.15) is 29.0 Å². The number of carbonyl (C=O) groups excluding carboxylic acids is 1. The third kappa shape index (κ3) is 2.96. The number of hydrogen-bond acceptors (Lipinski definition) is 5. The van der Waals surface area contributed by atoms with Gasteiger partial charge in [0.25, 0.3) is 11.5 Å². The molecule has 0 saturated heterocycles. The van der Waals surface area contributed by atoms with Gasteiger partial charge in [0.2, 0.25) is 0 Å². The Morgan fingerprint density at radius 1 is 1.21 bits per heavy atom. The molecule has 122 valence electrons. The smallest absolute Gasteiger partial charge is 0.261 e. The van der Waals surface area contributed by atoms with E-state index in [1.54, 1.807) is 43.7 Å². The minimum Gasteiger partial charge on any atom is -0.364 e. The van der Waals surface area contributed by atoms with Crippen LogP contribution < -0.4 is 5.56 Å². The normalized spacial score (nSPS) is 11.9. The zero-order valence-electron chi connectivity index (χ0n) is 13.3. The van der Waals surface area contributed by atoms with E-state index in [9.17, 15) is 9.59 Å². The van der Waals surface area contributed by atoms with Gasteiger partial charge in [-0.3, -0.25) is 14.6 Å². The van der Waals surface area contributed by atoms with E-state index in [0.717, 1.165) is 5.56 Å². The first-order valence-corrected chi connectivity index (χ1v) is 7.39. The number of aromatic amines is 1. The number of amides is 1. The van der Waals surface area contributed by atoms with Crippen molar-refractivity contribution in [2.24, 2.45) is 0 Å². The molecule has 0 aliphatic rings. The van der Waals surface area contributed by atoms with Gasteiger partial charge in [0.15, 0.2) is 0 Å². The second-order valence-electron chi connectivity index (χ2n) is 5.37. The lowest BCUT2D eigenvalue weighted by Gasteiger charge is -2.22. The molecule has 0 aliphatic carbocycles. The molecule has 0 spiro atoms. The molecule has 0 bridgehead atoms. The molecule has 0 saturated carbocycles. The summed E-state index contributed by atoms with van der Waals surface area (Å²) in [7, 11) is 1.62. The van der Waals surface area contributed by atoms with E-state index in [-0.39, 0.29) is 17.5 Å². The molecule has 3 aromatic heterocycles. The maximum atomic E-state index is 12.6. The first kappa shape index (κ1) is 15.7. The topological polar surface area (TPSA) is 92.1 Å². The van der Waals surface area contributed by atoms with Crippen molar-refractivity contribution in [1.82, 2.24) is 20.0 Å². The minimum atomic E-state index is -0.437. The molecular weight excluding hydrogens is 308 g/mol. The maximum Gasteiger partial charge on any atom is 0.261 e. The average Bonchev–Trinajstić information content (AvgIpc) is 3.15. The SMILES string of the molecule is C[C@H](c1ccon1)N(C)C(=O)c1ccc(-c2ccncc2)[nH]c1=O. The summed E-state index contributed by atoms with van der Waals surface area (Å²) in [6.45, 7) is 1.81. The molecule has 24 heavy (non-hydrogen) atoms. The highest BCUT2D eigenvalue weighted by atomic mass is 16.5. The Morgan fingerprint density at radius 2 is 1.96 bits per heavy atom. The molecule has 0 unspecified atom stereocenters. The molecule has 1 atom stereocenters. The monoisotopic (exact) mass is 324 g/mol. The summed E-state index contributed by atoms with van der Waals surface area (Å²) in [5.41, 5.74) is 1.71. The summed E-state index contributed by atoms with van der Waals surface area (Å²) in [4.78, 5) is 33.0. The Kier molecular flexibility index (Phi) is 4.24. The Morgan fingerprint density at radius 3 is 2.58 bits per heavy atom. The van der Waals surface area contributed by atoms with Crippen molar-refractivity contribution in [2.75, 3.05) is 7.05 Å². The number of rotatable bonds is 4. The van der Waals surface area contributed by atoms with Crippen LogP contribution in [0.4, 0.5) is 0 Å². The number of pyridine rings is 2. The first-order valence-electron chi connectivity index (χ1n) is 7.39. The van der Waals surface area contributed by atoms with E-state index in [2.05, 4.69) is 15.1 Å². The summed E-state index contributed by atoms with van der Waals surface area (Å²) in [6.07, 6.45) is 4.72.